The van der Waals surface area contributed by atoms with Crippen molar-refractivity contribution in [3.8, 4) is 0 Å². The summed E-state index contributed by atoms with van der Waals surface area (Å²) >= 11 is 0. The third-order valence-electron chi connectivity index (χ3n) is 3.57. The zero-order chi connectivity index (χ0) is 13.9. The van der Waals surface area contributed by atoms with Gasteiger partial charge in [-0.2, -0.15) is 0 Å². The molecule has 0 saturated carbocycles. The van der Waals surface area contributed by atoms with Crippen molar-refractivity contribution in [2.24, 2.45) is 5.41 Å². The molecule has 0 spiro atoms. The second-order valence-electron chi connectivity index (χ2n) is 6.53. The first kappa shape index (κ1) is 13.9. The van der Waals surface area contributed by atoms with E-state index in [1.54, 1.807) is 0 Å². The van der Waals surface area contributed by atoms with Gasteiger partial charge in [-0.05, 0) is 23.5 Å². The smallest absolute Gasteiger partial charge is 0.220 e. The van der Waals surface area contributed by atoms with Crippen LogP contribution in [0.5, 0.6) is 0 Å². The van der Waals surface area contributed by atoms with Crippen LogP contribution in [-0.2, 0) is 4.79 Å². The molecule has 0 aliphatic carbocycles. The Bertz CT molecular complexity index is 448. The van der Waals surface area contributed by atoms with Crippen LogP contribution < -0.4 is 10.6 Å². The number of nitrogens with one attached hydrogen (secondary N) is 2. The predicted octanol–water partition coefficient (Wildman–Crippen LogP) is 3.14. The van der Waals surface area contributed by atoms with Crippen molar-refractivity contribution in [1.82, 2.24) is 5.32 Å². The van der Waals surface area contributed by atoms with Crippen LogP contribution >= 0.6 is 0 Å². The SMILES string of the molecule is CC(C)(C)CCNC(=O)CC1CNc2ccccc21. The molecule has 1 aromatic carbocycles. The fourth-order valence-electron chi connectivity index (χ4n) is 2.41. The van der Waals surface area contributed by atoms with E-state index in [1.807, 2.05) is 12.1 Å². The number of amides is 1. The van der Waals surface area contributed by atoms with Crippen LogP contribution in [0.2, 0.25) is 0 Å². The molecule has 0 bridgehead atoms. The van der Waals surface area contributed by atoms with Gasteiger partial charge in [0.2, 0.25) is 5.91 Å². The highest BCUT2D eigenvalue weighted by molar-refractivity contribution is 5.78. The number of carbonyl (C=O) groups excluding carboxylic acids is 1. The van der Waals surface area contributed by atoms with E-state index < -0.39 is 0 Å². The molecule has 0 fully saturated rings. The molecule has 1 aromatic rings. The van der Waals surface area contributed by atoms with Crippen LogP contribution in [0.25, 0.3) is 0 Å². The van der Waals surface area contributed by atoms with Crippen LogP contribution in [0.15, 0.2) is 24.3 Å². The van der Waals surface area contributed by atoms with Gasteiger partial charge in [-0.25, -0.2) is 0 Å². The Balaban J connectivity index is 1.81. The van der Waals surface area contributed by atoms with Crippen molar-refractivity contribution >= 4 is 11.6 Å². The molecular weight excluding hydrogens is 236 g/mol. The van der Waals surface area contributed by atoms with Crippen molar-refractivity contribution in [3.63, 3.8) is 0 Å². The van der Waals surface area contributed by atoms with E-state index in [1.165, 1.54) is 11.3 Å². The van der Waals surface area contributed by atoms with Crippen LogP contribution in [0.1, 0.15) is 45.1 Å². The van der Waals surface area contributed by atoms with E-state index in [0.717, 1.165) is 19.5 Å². The second-order valence-corrected chi connectivity index (χ2v) is 6.53. The number of fused-ring (bicyclic) bond motifs is 1. The molecule has 3 heteroatoms. The summed E-state index contributed by atoms with van der Waals surface area (Å²) < 4.78 is 0. The topological polar surface area (TPSA) is 41.1 Å². The summed E-state index contributed by atoms with van der Waals surface area (Å²) in [7, 11) is 0. The van der Waals surface area contributed by atoms with Crippen LogP contribution in [-0.4, -0.2) is 19.0 Å². The number of rotatable bonds is 4. The van der Waals surface area contributed by atoms with Crippen molar-refractivity contribution in [3.05, 3.63) is 29.8 Å². The van der Waals surface area contributed by atoms with Crippen molar-refractivity contribution < 1.29 is 4.79 Å². The van der Waals surface area contributed by atoms with Gasteiger partial charge >= 0.3 is 0 Å². The maximum absolute atomic E-state index is 12.0. The average Bonchev–Trinajstić information content (AvgIpc) is 2.71. The van der Waals surface area contributed by atoms with Crippen LogP contribution in [0, 0.1) is 5.41 Å². The summed E-state index contributed by atoms with van der Waals surface area (Å²) in [6, 6.07) is 8.25. The molecule has 0 radical (unpaired) electrons. The largest absolute Gasteiger partial charge is 0.384 e. The highest BCUT2D eigenvalue weighted by Crippen LogP contribution is 2.33. The normalized spacial score (nSPS) is 17.7. The Kier molecular flexibility index (Phi) is 4.13. The van der Waals surface area contributed by atoms with Gasteiger partial charge in [-0.15, -0.1) is 0 Å². The second kappa shape index (κ2) is 5.64. The molecule has 19 heavy (non-hydrogen) atoms. The Hall–Kier alpha value is -1.51. The number of para-hydroxylation sites is 1. The Labute approximate surface area is 115 Å². The van der Waals surface area contributed by atoms with E-state index >= 15 is 0 Å². The molecule has 2 rings (SSSR count). The monoisotopic (exact) mass is 260 g/mol. The first-order valence-electron chi connectivity index (χ1n) is 7.05. The summed E-state index contributed by atoms with van der Waals surface area (Å²) in [4.78, 5) is 12.0. The minimum atomic E-state index is 0.160. The van der Waals surface area contributed by atoms with Crippen LogP contribution in [0.3, 0.4) is 0 Å². The molecule has 1 aliphatic heterocycles. The summed E-state index contributed by atoms with van der Waals surface area (Å²) in [5.41, 5.74) is 2.72. The van der Waals surface area contributed by atoms with Crippen molar-refractivity contribution in [2.45, 2.75) is 39.5 Å². The third kappa shape index (κ3) is 3.98. The van der Waals surface area contributed by atoms with Crippen molar-refractivity contribution in [1.29, 1.82) is 0 Å². The van der Waals surface area contributed by atoms with Gasteiger partial charge in [0.1, 0.15) is 0 Å². The van der Waals surface area contributed by atoms with Gasteiger partial charge in [-0.3, -0.25) is 4.79 Å². The first-order chi connectivity index (χ1) is 8.96. The van der Waals surface area contributed by atoms with Crippen LogP contribution in [0.4, 0.5) is 5.69 Å². The predicted molar refractivity (Wildman–Crippen MR) is 79.4 cm³/mol. The fraction of sp³-hybridized carbons (Fsp3) is 0.562. The van der Waals surface area contributed by atoms with Crippen molar-refractivity contribution in [2.75, 3.05) is 18.4 Å². The molecule has 104 valence electrons. The lowest BCUT2D eigenvalue weighted by Crippen LogP contribution is -2.28. The number of carbonyl (C=O) groups is 1. The maximum atomic E-state index is 12.0. The molecule has 1 atom stereocenters. The van der Waals surface area contributed by atoms with Gasteiger partial charge in [-0.1, -0.05) is 39.0 Å². The molecule has 1 unspecified atom stereocenters. The molecule has 1 heterocycles. The zero-order valence-electron chi connectivity index (χ0n) is 12.1. The molecule has 3 nitrogen and oxygen atoms in total. The highest BCUT2D eigenvalue weighted by Gasteiger charge is 2.23. The van der Waals surface area contributed by atoms with E-state index in [4.69, 9.17) is 0 Å². The van der Waals surface area contributed by atoms with E-state index in [2.05, 4.69) is 43.5 Å². The number of benzene rings is 1. The van der Waals surface area contributed by atoms with Gasteiger partial charge in [0.25, 0.3) is 0 Å². The summed E-state index contributed by atoms with van der Waals surface area (Å²) in [6.45, 7) is 8.21. The minimum absolute atomic E-state index is 0.160. The lowest BCUT2D eigenvalue weighted by atomic mass is 9.92. The lowest BCUT2D eigenvalue weighted by molar-refractivity contribution is -0.121. The molecule has 2 N–H and O–H groups in total. The number of hydrogen-bond donors (Lipinski definition) is 2. The number of anilines is 1. The quantitative estimate of drug-likeness (QED) is 0.873. The Morgan fingerprint density at radius 3 is 2.84 bits per heavy atom. The van der Waals surface area contributed by atoms with Gasteiger partial charge in [0.15, 0.2) is 0 Å². The maximum Gasteiger partial charge on any atom is 0.220 e. The third-order valence-corrected chi connectivity index (χ3v) is 3.57. The Morgan fingerprint density at radius 2 is 2.11 bits per heavy atom. The summed E-state index contributed by atoms with van der Waals surface area (Å²) in [5, 5.41) is 6.39. The molecular formula is C16H24N2O. The average molecular weight is 260 g/mol. The summed E-state index contributed by atoms with van der Waals surface area (Å²) in [6.07, 6.45) is 1.59. The van der Waals surface area contributed by atoms with E-state index in [9.17, 15) is 4.79 Å². The lowest BCUT2D eigenvalue weighted by Gasteiger charge is -2.18. The van der Waals surface area contributed by atoms with Gasteiger partial charge in [0.05, 0.1) is 0 Å². The standard InChI is InChI=1S/C16H24N2O/c1-16(2,3)8-9-17-15(19)10-12-11-18-14-7-5-4-6-13(12)14/h4-7,12,18H,8-11H2,1-3H3,(H,17,19). The molecule has 1 aliphatic rings. The van der Waals surface area contributed by atoms with Gasteiger partial charge < -0.3 is 10.6 Å². The Morgan fingerprint density at radius 1 is 1.37 bits per heavy atom. The number of hydrogen-bond acceptors (Lipinski definition) is 2. The minimum Gasteiger partial charge on any atom is -0.384 e. The summed E-state index contributed by atoms with van der Waals surface area (Å²) in [5.74, 6) is 0.471. The first-order valence-corrected chi connectivity index (χ1v) is 7.05. The van der Waals surface area contributed by atoms with Gasteiger partial charge in [0, 0.05) is 31.1 Å². The molecule has 0 aromatic heterocycles. The highest BCUT2D eigenvalue weighted by atomic mass is 16.1. The van der Waals surface area contributed by atoms with E-state index in [0.29, 0.717) is 12.3 Å². The fourth-order valence-corrected chi connectivity index (χ4v) is 2.41. The molecule has 1 amide bonds. The van der Waals surface area contributed by atoms with E-state index in [-0.39, 0.29) is 11.3 Å². The molecule has 0 saturated heterocycles. The zero-order valence-corrected chi connectivity index (χ0v) is 12.1.